The number of carbonyl (C=O) groups excluding carboxylic acids is 1. The van der Waals surface area contributed by atoms with Gasteiger partial charge in [-0.1, -0.05) is 33.1 Å². The van der Waals surface area contributed by atoms with Crippen LogP contribution in [0.5, 0.6) is 0 Å². The lowest BCUT2D eigenvalue weighted by atomic mass is 9.84. The molecule has 1 amide bonds. The fourth-order valence-corrected chi connectivity index (χ4v) is 2.35. The second-order valence-corrected chi connectivity index (χ2v) is 5.29. The quantitative estimate of drug-likeness (QED) is 0.753. The van der Waals surface area contributed by atoms with Gasteiger partial charge in [-0.3, -0.25) is 4.79 Å². The van der Waals surface area contributed by atoms with Crippen molar-refractivity contribution in [3.8, 4) is 0 Å². The molecule has 1 unspecified atom stereocenters. The lowest BCUT2D eigenvalue weighted by Gasteiger charge is -2.28. The SMILES string of the molecule is CC(C)NCC(=O)NC(C)C1CCCCC1. The fourth-order valence-electron chi connectivity index (χ4n) is 2.35. The Hall–Kier alpha value is -0.570. The van der Waals surface area contributed by atoms with Gasteiger partial charge in [-0.05, 0) is 25.7 Å². The first-order valence-corrected chi connectivity index (χ1v) is 6.62. The number of hydrogen-bond acceptors (Lipinski definition) is 2. The van der Waals surface area contributed by atoms with Crippen LogP contribution in [0.15, 0.2) is 0 Å². The summed E-state index contributed by atoms with van der Waals surface area (Å²) < 4.78 is 0. The van der Waals surface area contributed by atoms with Crippen molar-refractivity contribution in [1.29, 1.82) is 0 Å². The van der Waals surface area contributed by atoms with E-state index in [1.165, 1.54) is 32.1 Å². The summed E-state index contributed by atoms with van der Waals surface area (Å²) in [5.41, 5.74) is 0. The van der Waals surface area contributed by atoms with Gasteiger partial charge in [0.1, 0.15) is 0 Å². The third-order valence-corrected chi connectivity index (χ3v) is 3.42. The molecule has 0 radical (unpaired) electrons. The van der Waals surface area contributed by atoms with Crippen LogP contribution in [0, 0.1) is 5.92 Å². The van der Waals surface area contributed by atoms with E-state index in [0.29, 0.717) is 24.5 Å². The van der Waals surface area contributed by atoms with Crippen molar-refractivity contribution < 1.29 is 4.79 Å². The highest BCUT2D eigenvalue weighted by Crippen LogP contribution is 2.26. The highest BCUT2D eigenvalue weighted by Gasteiger charge is 2.21. The van der Waals surface area contributed by atoms with Gasteiger partial charge in [0.25, 0.3) is 0 Å². The summed E-state index contributed by atoms with van der Waals surface area (Å²) in [4.78, 5) is 11.6. The number of rotatable bonds is 5. The van der Waals surface area contributed by atoms with Gasteiger partial charge in [-0.25, -0.2) is 0 Å². The monoisotopic (exact) mass is 226 g/mol. The fraction of sp³-hybridized carbons (Fsp3) is 0.923. The molecule has 2 N–H and O–H groups in total. The van der Waals surface area contributed by atoms with Gasteiger partial charge in [0, 0.05) is 12.1 Å². The first-order chi connectivity index (χ1) is 7.59. The largest absolute Gasteiger partial charge is 0.352 e. The molecule has 0 bridgehead atoms. The third-order valence-electron chi connectivity index (χ3n) is 3.42. The zero-order valence-electron chi connectivity index (χ0n) is 10.9. The summed E-state index contributed by atoms with van der Waals surface area (Å²) in [6.07, 6.45) is 6.58. The van der Waals surface area contributed by atoms with Crippen LogP contribution in [-0.4, -0.2) is 24.5 Å². The van der Waals surface area contributed by atoms with E-state index in [9.17, 15) is 4.79 Å². The standard InChI is InChI=1S/C13H26N2O/c1-10(2)14-9-13(16)15-11(3)12-7-5-4-6-8-12/h10-12,14H,4-9H2,1-3H3,(H,15,16). The lowest BCUT2D eigenvalue weighted by molar-refractivity contribution is -0.121. The van der Waals surface area contributed by atoms with Crippen LogP contribution in [0.4, 0.5) is 0 Å². The number of amides is 1. The summed E-state index contributed by atoms with van der Waals surface area (Å²) >= 11 is 0. The highest BCUT2D eigenvalue weighted by atomic mass is 16.1. The average molecular weight is 226 g/mol. The summed E-state index contributed by atoms with van der Waals surface area (Å²) in [7, 11) is 0. The molecule has 0 aromatic carbocycles. The molecule has 1 aliphatic rings. The highest BCUT2D eigenvalue weighted by molar-refractivity contribution is 5.78. The minimum atomic E-state index is 0.131. The van der Waals surface area contributed by atoms with Crippen molar-refractivity contribution >= 4 is 5.91 Å². The number of hydrogen-bond donors (Lipinski definition) is 2. The Kier molecular flexibility index (Phi) is 5.81. The molecule has 94 valence electrons. The Bertz CT molecular complexity index is 210. The molecule has 0 aliphatic heterocycles. The van der Waals surface area contributed by atoms with Gasteiger partial charge in [-0.2, -0.15) is 0 Å². The Morgan fingerprint density at radius 3 is 2.38 bits per heavy atom. The van der Waals surface area contributed by atoms with Gasteiger partial charge in [0.2, 0.25) is 5.91 Å². The second-order valence-electron chi connectivity index (χ2n) is 5.29. The first kappa shape index (κ1) is 13.5. The molecule has 0 aromatic heterocycles. The molecule has 0 aromatic rings. The summed E-state index contributed by atoms with van der Waals surface area (Å²) in [6.45, 7) is 6.69. The molecule has 1 rings (SSSR count). The molecule has 1 atom stereocenters. The molecule has 0 heterocycles. The first-order valence-electron chi connectivity index (χ1n) is 6.62. The van der Waals surface area contributed by atoms with E-state index in [4.69, 9.17) is 0 Å². The van der Waals surface area contributed by atoms with E-state index in [-0.39, 0.29) is 5.91 Å². The predicted molar refractivity (Wildman–Crippen MR) is 67.3 cm³/mol. The van der Waals surface area contributed by atoms with Crippen LogP contribution in [-0.2, 0) is 4.79 Å². The average Bonchev–Trinajstić information content (AvgIpc) is 2.27. The van der Waals surface area contributed by atoms with Crippen molar-refractivity contribution in [2.24, 2.45) is 5.92 Å². The summed E-state index contributed by atoms with van der Waals surface area (Å²) in [6, 6.07) is 0.706. The van der Waals surface area contributed by atoms with Crippen molar-refractivity contribution in [2.45, 2.75) is 65.0 Å². The molecule has 1 aliphatic carbocycles. The zero-order valence-corrected chi connectivity index (χ0v) is 10.9. The minimum Gasteiger partial charge on any atom is -0.352 e. The molecular weight excluding hydrogens is 200 g/mol. The van der Waals surface area contributed by atoms with Crippen LogP contribution in [0.2, 0.25) is 0 Å². The molecule has 0 saturated heterocycles. The van der Waals surface area contributed by atoms with Crippen molar-refractivity contribution in [1.82, 2.24) is 10.6 Å². The van der Waals surface area contributed by atoms with Crippen LogP contribution in [0.25, 0.3) is 0 Å². The molecule has 1 saturated carbocycles. The Morgan fingerprint density at radius 2 is 1.81 bits per heavy atom. The van der Waals surface area contributed by atoms with Crippen LogP contribution in [0.3, 0.4) is 0 Å². The van der Waals surface area contributed by atoms with E-state index in [1.807, 2.05) is 0 Å². The maximum absolute atomic E-state index is 11.6. The molecule has 3 heteroatoms. The zero-order chi connectivity index (χ0) is 12.0. The smallest absolute Gasteiger partial charge is 0.234 e. The topological polar surface area (TPSA) is 41.1 Å². The van der Waals surface area contributed by atoms with E-state index < -0.39 is 0 Å². The van der Waals surface area contributed by atoms with Crippen molar-refractivity contribution in [3.63, 3.8) is 0 Å². The van der Waals surface area contributed by atoms with Gasteiger partial charge < -0.3 is 10.6 Å². The van der Waals surface area contributed by atoms with Crippen LogP contribution >= 0.6 is 0 Å². The minimum absolute atomic E-state index is 0.131. The lowest BCUT2D eigenvalue weighted by Crippen LogP contribution is -2.44. The van der Waals surface area contributed by atoms with Crippen LogP contribution in [0.1, 0.15) is 52.9 Å². The normalized spacial score (nSPS) is 19.8. The van der Waals surface area contributed by atoms with Gasteiger partial charge in [0.05, 0.1) is 6.54 Å². The van der Waals surface area contributed by atoms with E-state index in [2.05, 4.69) is 31.4 Å². The second kappa shape index (κ2) is 6.89. The number of carbonyl (C=O) groups is 1. The van der Waals surface area contributed by atoms with Crippen molar-refractivity contribution in [2.75, 3.05) is 6.54 Å². The number of nitrogens with one attached hydrogen (secondary N) is 2. The van der Waals surface area contributed by atoms with E-state index in [0.717, 1.165) is 0 Å². The summed E-state index contributed by atoms with van der Waals surface area (Å²) in [5, 5.41) is 6.25. The molecule has 0 spiro atoms. The van der Waals surface area contributed by atoms with Crippen LogP contribution < -0.4 is 10.6 Å². The predicted octanol–water partition coefficient (Wildman–Crippen LogP) is 2.07. The molecular formula is C13H26N2O. The Balaban J connectivity index is 2.21. The molecule has 16 heavy (non-hydrogen) atoms. The molecule has 3 nitrogen and oxygen atoms in total. The van der Waals surface area contributed by atoms with Gasteiger partial charge in [-0.15, -0.1) is 0 Å². The van der Waals surface area contributed by atoms with Crippen molar-refractivity contribution in [3.05, 3.63) is 0 Å². The Labute approximate surface area is 99.4 Å². The third kappa shape index (κ3) is 4.97. The summed E-state index contributed by atoms with van der Waals surface area (Å²) in [5.74, 6) is 0.823. The Morgan fingerprint density at radius 1 is 1.19 bits per heavy atom. The molecule has 1 fully saturated rings. The van der Waals surface area contributed by atoms with Gasteiger partial charge >= 0.3 is 0 Å². The maximum atomic E-state index is 11.6. The van der Waals surface area contributed by atoms with E-state index in [1.54, 1.807) is 0 Å². The van der Waals surface area contributed by atoms with Gasteiger partial charge in [0.15, 0.2) is 0 Å². The maximum Gasteiger partial charge on any atom is 0.234 e. The van der Waals surface area contributed by atoms with E-state index >= 15 is 0 Å².